The molecule has 0 unspecified atom stereocenters. The summed E-state index contributed by atoms with van der Waals surface area (Å²) in [7, 11) is -3.95. The van der Waals surface area contributed by atoms with E-state index in [9.17, 15) is 13.2 Å². The molecule has 0 aliphatic carbocycles. The Hall–Kier alpha value is -1.80. The van der Waals surface area contributed by atoms with Crippen LogP contribution in [0.25, 0.3) is 0 Å². The van der Waals surface area contributed by atoms with Crippen molar-refractivity contribution in [2.75, 3.05) is 11.9 Å². The summed E-state index contributed by atoms with van der Waals surface area (Å²) in [5.41, 5.74) is 1.21. The van der Waals surface area contributed by atoms with Crippen LogP contribution < -0.4 is 14.8 Å². The number of carbonyl (C=O) groups is 1. The summed E-state index contributed by atoms with van der Waals surface area (Å²) in [6.07, 6.45) is 0. The Labute approximate surface area is 168 Å². The summed E-state index contributed by atoms with van der Waals surface area (Å²) < 4.78 is 32.7. The third kappa shape index (κ3) is 5.35. The Kier molecular flexibility index (Phi) is 7.11. The molecule has 0 aliphatic heterocycles. The monoisotopic (exact) mass is 430 g/mol. The zero-order valence-electron chi connectivity index (χ0n) is 15.0. The highest BCUT2D eigenvalue weighted by Gasteiger charge is 2.23. The van der Waals surface area contributed by atoms with E-state index >= 15 is 0 Å². The van der Waals surface area contributed by atoms with E-state index in [1.807, 2.05) is 0 Å². The van der Waals surface area contributed by atoms with Crippen molar-refractivity contribution in [3.8, 4) is 5.75 Å². The summed E-state index contributed by atoms with van der Waals surface area (Å²) in [5.74, 6) is -0.124. The molecule has 1 amide bonds. The average molecular weight is 431 g/mol. The van der Waals surface area contributed by atoms with Gasteiger partial charge in [-0.15, -0.1) is 0 Å². The summed E-state index contributed by atoms with van der Waals surface area (Å²) in [5, 5.41) is 3.34. The molecule has 2 aromatic rings. The van der Waals surface area contributed by atoms with Crippen LogP contribution >= 0.6 is 23.2 Å². The molecular formula is C18H20Cl2N2O4S. The first-order valence-electron chi connectivity index (χ1n) is 8.16. The second-order valence-corrected chi connectivity index (χ2v) is 8.30. The molecule has 0 aliphatic rings. The maximum atomic E-state index is 12.5. The number of hydrogen-bond donors (Lipinski definition) is 2. The number of nitrogens with one attached hydrogen (secondary N) is 2. The van der Waals surface area contributed by atoms with E-state index in [4.69, 9.17) is 27.9 Å². The van der Waals surface area contributed by atoms with E-state index in [2.05, 4.69) is 10.0 Å². The molecule has 2 rings (SSSR count). The molecule has 0 aromatic heterocycles. The Bertz CT molecular complexity index is 948. The molecule has 0 heterocycles. The molecular weight excluding hydrogens is 411 g/mol. The van der Waals surface area contributed by atoms with Crippen molar-refractivity contribution in [1.29, 1.82) is 0 Å². The van der Waals surface area contributed by atoms with Crippen molar-refractivity contribution in [1.82, 2.24) is 4.72 Å². The SMILES string of the molecule is CCOc1ccc(S(=O)(=O)N[C@H](C)C(=O)Nc2cccc(Cl)c2C)cc1Cl. The molecule has 0 saturated heterocycles. The zero-order chi connectivity index (χ0) is 20.2. The average Bonchev–Trinajstić information content (AvgIpc) is 2.60. The smallest absolute Gasteiger partial charge is 0.242 e. The highest BCUT2D eigenvalue weighted by Crippen LogP contribution is 2.27. The Morgan fingerprint density at radius 1 is 1.19 bits per heavy atom. The fourth-order valence-electron chi connectivity index (χ4n) is 2.26. The van der Waals surface area contributed by atoms with Crippen LogP contribution in [-0.4, -0.2) is 27.0 Å². The second-order valence-electron chi connectivity index (χ2n) is 5.77. The number of hydrogen-bond acceptors (Lipinski definition) is 4. The first kappa shape index (κ1) is 21.5. The molecule has 0 radical (unpaired) electrons. The van der Waals surface area contributed by atoms with E-state index < -0.39 is 22.0 Å². The van der Waals surface area contributed by atoms with E-state index in [0.29, 0.717) is 28.6 Å². The normalized spacial score (nSPS) is 12.5. The van der Waals surface area contributed by atoms with Crippen LogP contribution in [-0.2, 0) is 14.8 Å². The molecule has 2 aromatic carbocycles. The molecule has 9 heteroatoms. The number of halogens is 2. The minimum Gasteiger partial charge on any atom is -0.492 e. The molecule has 2 N–H and O–H groups in total. The second kappa shape index (κ2) is 8.93. The Balaban J connectivity index is 2.13. The van der Waals surface area contributed by atoms with Crippen molar-refractivity contribution in [3.63, 3.8) is 0 Å². The van der Waals surface area contributed by atoms with Crippen molar-refractivity contribution in [2.45, 2.75) is 31.7 Å². The molecule has 0 fully saturated rings. The standard InChI is InChI=1S/C18H20Cl2N2O4S/c1-4-26-17-9-8-13(10-15(17)20)27(24,25)22-12(3)18(23)21-16-7-5-6-14(19)11(16)2/h5-10,12,22H,4H2,1-3H3,(H,21,23)/t12-/m1/s1. The van der Waals surface area contributed by atoms with E-state index in [-0.39, 0.29) is 9.92 Å². The summed E-state index contributed by atoms with van der Waals surface area (Å²) >= 11 is 12.1. The third-order valence-corrected chi connectivity index (χ3v) is 6.01. The predicted molar refractivity (Wildman–Crippen MR) is 107 cm³/mol. The van der Waals surface area contributed by atoms with Gasteiger partial charge in [0.05, 0.1) is 22.6 Å². The quantitative estimate of drug-likeness (QED) is 0.694. The van der Waals surface area contributed by atoms with Gasteiger partial charge in [-0.25, -0.2) is 8.42 Å². The van der Waals surface area contributed by atoms with Crippen LogP contribution in [0.5, 0.6) is 5.75 Å². The number of ether oxygens (including phenoxy) is 1. The van der Waals surface area contributed by atoms with E-state index in [0.717, 1.165) is 0 Å². The van der Waals surface area contributed by atoms with E-state index in [1.165, 1.54) is 25.1 Å². The minimum absolute atomic E-state index is 0.0606. The number of benzene rings is 2. The van der Waals surface area contributed by atoms with Crippen LogP contribution in [0.1, 0.15) is 19.4 Å². The number of rotatable bonds is 7. The molecule has 0 spiro atoms. The summed E-state index contributed by atoms with van der Waals surface area (Å²) in [4.78, 5) is 12.3. The minimum atomic E-state index is -3.95. The molecule has 6 nitrogen and oxygen atoms in total. The third-order valence-electron chi connectivity index (χ3n) is 3.76. The van der Waals surface area contributed by atoms with Gasteiger partial charge in [0.15, 0.2) is 0 Å². The van der Waals surface area contributed by atoms with Gasteiger partial charge in [-0.05, 0) is 56.7 Å². The van der Waals surface area contributed by atoms with Crippen molar-refractivity contribution >= 4 is 44.8 Å². The predicted octanol–water partition coefficient (Wildman–Crippen LogP) is 4.01. The van der Waals surface area contributed by atoms with Gasteiger partial charge in [-0.3, -0.25) is 4.79 Å². The van der Waals surface area contributed by atoms with Gasteiger partial charge in [0.25, 0.3) is 0 Å². The zero-order valence-corrected chi connectivity index (χ0v) is 17.4. The van der Waals surface area contributed by atoms with Gasteiger partial charge in [-0.1, -0.05) is 29.3 Å². The van der Waals surface area contributed by atoms with Crippen LogP contribution in [0.2, 0.25) is 10.0 Å². The highest BCUT2D eigenvalue weighted by atomic mass is 35.5. The Morgan fingerprint density at radius 3 is 2.52 bits per heavy atom. The van der Waals surface area contributed by atoms with Crippen LogP contribution in [0.15, 0.2) is 41.3 Å². The van der Waals surface area contributed by atoms with Crippen LogP contribution in [0, 0.1) is 6.92 Å². The number of anilines is 1. The lowest BCUT2D eigenvalue weighted by Crippen LogP contribution is -2.41. The molecule has 27 heavy (non-hydrogen) atoms. The Morgan fingerprint density at radius 2 is 1.89 bits per heavy atom. The maximum absolute atomic E-state index is 12.5. The highest BCUT2D eigenvalue weighted by molar-refractivity contribution is 7.89. The van der Waals surface area contributed by atoms with E-state index in [1.54, 1.807) is 32.0 Å². The van der Waals surface area contributed by atoms with Crippen molar-refractivity contribution in [3.05, 3.63) is 52.0 Å². The largest absolute Gasteiger partial charge is 0.492 e. The molecule has 1 atom stereocenters. The van der Waals surface area contributed by atoms with Gasteiger partial charge >= 0.3 is 0 Å². The van der Waals surface area contributed by atoms with Gasteiger partial charge in [0.1, 0.15) is 5.75 Å². The van der Waals surface area contributed by atoms with Gasteiger partial charge < -0.3 is 10.1 Å². The van der Waals surface area contributed by atoms with Crippen LogP contribution in [0.4, 0.5) is 5.69 Å². The number of amides is 1. The topological polar surface area (TPSA) is 84.5 Å². The first-order chi connectivity index (χ1) is 12.7. The molecule has 0 bridgehead atoms. The van der Waals surface area contributed by atoms with Gasteiger partial charge in [-0.2, -0.15) is 4.72 Å². The summed E-state index contributed by atoms with van der Waals surface area (Å²) in [6, 6.07) is 8.19. The molecule has 146 valence electrons. The maximum Gasteiger partial charge on any atom is 0.242 e. The lowest BCUT2D eigenvalue weighted by molar-refractivity contribution is -0.117. The lowest BCUT2D eigenvalue weighted by atomic mass is 10.2. The lowest BCUT2D eigenvalue weighted by Gasteiger charge is -2.16. The fourth-order valence-corrected chi connectivity index (χ4v) is 3.96. The fraction of sp³-hybridized carbons (Fsp3) is 0.278. The summed E-state index contributed by atoms with van der Waals surface area (Å²) in [6.45, 7) is 5.41. The van der Waals surface area contributed by atoms with Gasteiger partial charge in [0.2, 0.25) is 15.9 Å². The number of sulfonamides is 1. The number of carbonyl (C=O) groups excluding carboxylic acids is 1. The van der Waals surface area contributed by atoms with Crippen LogP contribution in [0.3, 0.4) is 0 Å². The van der Waals surface area contributed by atoms with Gasteiger partial charge in [0, 0.05) is 10.7 Å². The molecule has 0 saturated carbocycles. The van der Waals surface area contributed by atoms with Crippen molar-refractivity contribution in [2.24, 2.45) is 0 Å². The van der Waals surface area contributed by atoms with Crippen molar-refractivity contribution < 1.29 is 17.9 Å². The first-order valence-corrected chi connectivity index (χ1v) is 10.4.